The second-order valence-electron chi connectivity index (χ2n) is 6.47. The van der Waals surface area contributed by atoms with Crippen LogP contribution in [0.25, 0.3) is 0 Å². The van der Waals surface area contributed by atoms with Crippen LogP contribution in [0.5, 0.6) is 5.75 Å². The Hall–Kier alpha value is -2.08. The average Bonchev–Trinajstić information content (AvgIpc) is 2.56. The molecule has 0 unspecified atom stereocenters. The number of nitrogens with one attached hydrogen (secondary N) is 1. The standard InChI is InChI=1S/C19H30N2O4/c1-15(2)13-21(10-8-19(23)24-4)14-18(22)20-9-11-25-17-7-5-6-16(3)12-17/h5-7,12,15H,8-11,13-14H2,1-4H3,(H,20,22). The summed E-state index contributed by atoms with van der Waals surface area (Å²) in [6.45, 7) is 8.56. The first-order valence-electron chi connectivity index (χ1n) is 8.66. The van der Waals surface area contributed by atoms with Gasteiger partial charge in [-0.1, -0.05) is 26.0 Å². The molecule has 140 valence electrons. The van der Waals surface area contributed by atoms with E-state index in [1.54, 1.807) is 0 Å². The van der Waals surface area contributed by atoms with Gasteiger partial charge in [0.15, 0.2) is 0 Å². The molecule has 6 nitrogen and oxygen atoms in total. The first-order valence-corrected chi connectivity index (χ1v) is 8.66. The molecular weight excluding hydrogens is 320 g/mol. The molecule has 1 amide bonds. The Balaban J connectivity index is 2.31. The molecule has 0 aromatic heterocycles. The van der Waals surface area contributed by atoms with E-state index < -0.39 is 0 Å². The highest BCUT2D eigenvalue weighted by molar-refractivity contribution is 5.78. The molecule has 6 heteroatoms. The van der Waals surface area contributed by atoms with Gasteiger partial charge in [0.25, 0.3) is 0 Å². The summed E-state index contributed by atoms with van der Waals surface area (Å²) in [5.74, 6) is 0.878. The summed E-state index contributed by atoms with van der Waals surface area (Å²) in [6.07, 6.45) is 0.285. The molecule has 0 atom stereocenters. The lowest BCUT2D eigenvalue weighted by Crippen LogP contribution is -2.41. The smallest absolute Gasteiger partial charge is 0.306 e. The summed E-state index contributed by atoms with van der Waals surface area (Å²) in [7, 11) is 1.37. The lowest BCUT2D eigenvalue weighted by atomic mass is 10.2. The third-order valence-electron chi connectivity index (χ3n) is 3.53. The van der Waals surface area contributed by atoms with Gasteiger partial charge in [-0.05, 0) is 30.5 Å². The predicted molar refractivity (Wildman–Crippen MR) is 97.6 cm³/mol. The van der Waals surface area contributed by atoms with Gasteiger partial charge in [0.2, 0.25) is 5.91 Å². The first kappa shape index (κ1) is 21.0. The monoisotopic (exact) mass is 350 g/mol. The van der Waals surface area contributed by atoms with Crippen molar-refractivity contribution in [1.82, 2.24) is 10.2 Å². The van der Waals surface area contributed by atoms with E-state index in [1.165, 1.54) is 7.11 Å². The zero-order valence-corrected chi connectivity index (χ0v) is 15.7. The van der Waals surface area contributed by atoms with E-state index >= 15 is 0 Å². The number of methoxy groups -OCH3 is 1. The third-order valence-corrected chi connectivity index (χ3v) is 3.53. The van der Waals surface area contributed by atoms with Gasteiger partial charge in [0, 0.05) is 13.1 Å². The molecule has 1 N–H and O–H groups in total. The van der Waals surface area contributed by atoms with Crippen LogP contribution in [0.15, 0.2) is 24.3 Å². The summed E-state index contributed by atoms with van der Waals surface area (Å²) >= 11 is 0. The Kier molecular flexibility index (Phi) is 9.62. The number of rotatable bonds is 11. The second kappa shape index (κ2) is 11.5. The number of hydrogen-bond acceptors (Lipinski definition) is 5. The molecule has 0 spiro atoms. The van der Waals surface area contributed by atoms with Crippen LogP contribution < -0.4 is 10.1 Å². The van der Waals surface area contributed by atoms with E-state index in [1.807, 2.05) is 36.1 Å². The van der Waals surface area contributed by atoms with Crippen LogP contribution in [0.1, 0.15) is 25.8 Å². The molecule has 0 saturated heterocycles. The van der Waals surface area contributed by atoms with Crippen LogP contribution in [0.2, 0.25) is 0 Å². The molecule has 0 saturated carbocycles. The number of ether oxygens (including phenoxy) is 2. The number of amides is 1. The maximum Gasteiger partial charge on any atom is 0.306 e. The van der Waals surface area contributed by atoms with Gasteiger partial charge in [-0.3, -0.25) is 14.5 Å². The van der Waals surface area contributed by atoms with Crippen LogP contribution in [-0.2, 0) is 14.3 Å². The lowest BCUT2D eigenvalue weighted by Gasteiger charge is -2.23. The van der Waals surface area contributed by atoms with Crippen LogP contribution in [0, 0.1) is 12.8 Å². The van der Waals surface area contributed by atoms with Crippen LogP contribution in [0.4, 0.5) is 0 Å². The van der Waals surface area contributed by atoms with Gasteiger partial charge >= 0.3 is 5.97 Å². The first-order chi connectivity index (χ1) is 11.9. The quantitative estimate of drug-likeness (QED) is 0.488. The van der Waals surface area contributed by atoms with Gasteiger partial charge in [-0.15, -0.1) is 0 Å². The van der Waals surface area contributed by atoms with Gasteiger partial charge in [0.1, 0.15) is 12.4 Å². The Labute approximate surface area is 150 Å². The maximum atomic E-state index is 12.1. The number of aryl methyl sites for hydroxylation is 1. The molecule has 0 heterocycles. The van der Waals surface area contributed by atoms with Crippen molar-refractivity contribution in [2.45, 2.75) is 27.2 Å². The molecule has 1 aromatic rings. The zero-order valence-electron chi connectivity index (χ0n) is 15.7. The SMILES string of the molecule is COC(=O)CCN(CC(=O)NCCOc1cccc(C)c1)CC(C)C. The molecule has 0 aliphatic heterocycles. The Morgan fingerprint density at radius 3 is 2.68 bits per heavy atom. The lowest BCUT2D eigenvalue weighted by molar-refractivity contribution is -0.141. The largest absolute Gasteiger partial charge is 0.492 e. The molecule has 0 aliphatic rings. The normalized spacial score (nSPS) is 10.8. The topological polar surface area (TPSA) is 67.9 Å². The van der Waals surface area contributed by atoms with Crippen molar-refractivity contribution < 1.29 is 19.1 Å². The Bertz CT molecular complexity index is 546. The molecule has 0 aliphatic carbocycles. The number of hydrogen-bond donors (Lipinski definition) is 1. The summed E-state index contributed by atoms with van der Waals surface area (Å²) in [5, 5.41) is 2.85. The Morgan fingerprint density at radius 1 is 1.28 bits per heavy atom. The molecule has 25 heavy (non-hydrogen) atoms. The van der Waals surface area contributed by atoms with Crippen molar-refractivity contribution in [2.24, 2.45) is 5.92 Å². The molecule has 1 aromatic carbocycles. The van der Waals surface area contributed by atoms with E-state index in [-0.39, 0.29) is 24.8 Å². The summed E-state index contributed by atoms with van der Waals surface area (Å²) < 4.78 is 10.3. The predicted octanol–water partition coefficient (Wildman–Crippen LogP) is 2.01. The highest BCUT2D eigenvalue weighted by Gasteiger charge is 2.14. The van der Waals surface area contributed by atoms with Crippen molar-refractivity contribution in [3.63, 3.8) is 0 Å². The van der Waals surface area contributed by atoms with Crippen LogP contribution >= 0.6 is 0 Å². The highest BCUT2D eigenvalue weighted by atomic mass is 16.5. The number of benzene rings is 1. The number of carbonyl (C=O) groups is 2. The van der Waals surface area contributed by atoms with Crippen LogP contribution in [0.3, 0.4) is 0 Å². The molecule has 0 radical (unpaired) electrons. The van der Waals surface area contributed by atoms with E-state index in [0.29, 0.717) is 25.6 Å². The molecular formula is C19H30N2O4. The summed E-state index contributed by atoms with van der Waals surface area (Å²) in [4.78, 5) is 25.4. The summed E-state index contributed by atoms with van der Waals surface area (Å²) in [5.41, 5.74) is 1.14. The fourth-order valence-electron chi connectivity index (χ4n) is 2.43. The second-order valence-corrected chi connectivity index (χ2v) is 6.47. The number of carbonyl (C=O) groups excluding carboxylic acids is 2. The minimum absolute atomic E-state index is 0.0710. The van der Waals surface area contributed by atoms with Crippen molar-refractivity contribution in [1.29, 1.82) is 0 Å². The van der Waals surface area contributed by atoms with Gasteiger partial charge in [0.05, 0.1) is 26.6 Å². The van der Waals surface area contributed by atoms with E-state index in [4.69, 9.17) is 4.74 Å². The van der Waals surface area contributed by atoms with E-state index in [9.17, 15) is 9.59 Å². The van der Waals surface area contributed by atoms with E-state index in [2.05, 4.69) is 23.9 Å². The maximum absolute atomic E-state index is 12.1. The van der Waals surface area contributed by atoms with Crippen molar-refractivity contribution in [2.75, 3.05) is 39.9 Å². The Morgan fingerprint density at radius 2 is 2.04 bits per heavy atom. The highest BCUT2D eigenvalue weighted by Crippen LogP contribution is 2.11. The fraction of sp³-hybridized carbons (Fsp3) is 0.579. The van der Waals surface area contributed by atoms with Crippen molar-refractivity contribution in [3.8, 4) is 5.75 Å². The number of esters is 1. The third kappa shape index (κ3) is 9.72. The van der Waals surface area contributed by atoms with E-state index in [0.717, 1.165) is 17.9 Å². The zero-order chi connectivity index (χ0) is 18.7. The average molecular weight is 350 g/mol. The minimum Gasteiger partial charge on any atom is -0.492 e. The van der Waals surface area contributed by atoms with Crippen molar-refractivity contribution in [3.05, 3.63) is 29.8 Å². The molecule has 0 bridgehead atoms. The van der Waals surface area contributed by atoms with Crippen LogP contribution in [-0.4, -0.2) is 56.7 Å². The summed E-state index contributed by atoms with van der Waals surface area (Å²) in [6, 6.07) is 7.80. The fourth-order valence-corrected chi connectivity index (χ4v) is 2.43. The van der Waals surface area contributed by atoms with Crippen molar-refractivity contribution >= 4 is 11.9 Å². The molecule has 1 rings (SSSR count). The minimum atomic E-state index is -0.263. The van der Waals surface area contributed by atoms with Gasteiger partial charge in [-0.2, -0.15) is 0 Å². The van der Waals surface area contributed by atoms with Gasteiger partial charge < -0.3 is 14.8 Å². The van der Waals surface area contributed by atoms with Gasteiger partial charge in [-0.25, -0.2) is 0 Å². The number of nitrogens with zero attached hydrogens (tertiary/aromatic N) is 1. The molecule has 0 fully saturated rings.